The smallest absolute Gasteiger partial charge is 0.186 e. The van der Waals surface area contributed by atoms with Crippen LogP contribution in [-0.4, -0.2) is 46.6 Å². The molecule has 6 heteroatoms. The molecule has 1 unspecified atom stereocenters. The second-order valence-corrected chi connectivity index (χ2v) is 14.9. The molecule has 29 heavy (non-hydrogen) atoms. The van der Waals surface area contributed by atoms with E-state index in [1.165, 1.54) is 12.5 Å². The van der Waals surface area contributed by atoms with Crippen molar-refractivity contribution in [2.45, 2.75) is 83.6 Å². The van der Waals surface area contributed by atoms with Crippen molar-refractivity contribution in [1.29, 1.82) is 0 Å². The molecule has 2 aliphatic rings. The van der Waals surface area contributed by atoms with Crippen molar-refractivity contribution in [3.63, 3.8) is 0 Å². The lowest BCUT2D eigenvalue weighted by molar-refractivity contribution is -0.197. The summed E-state index contributed by atoms with van der Waals surface area (Å²) in [5.74, 6) is 1.30. The SMILES string of the molecule is C=CC[C@@H]1[C@@H](CO[Si](C)(C)CC(C)C)[C@H](OC2CCCCO2)C[C@@H]1OCC(=C)Br. The third-order valence-corrected chi connectivity index (χ3v) is 8.87. The summed E-state index contributed by atoms with van der Waals surface area (Å²) in [7, 11) is -1.70. The van der Waals surface area contributed by atoms with Gasteiger partial charge in [0, 0.05) is 30.0 Å². The molecule has 1 aliphatic carbocycles. The van der Waals surface area contributed by atoms with Gasteiger partial charge in [-0.2, -0.15) is 0 Å². The Morgan fingerprint density at radius 2 is 2.00 bits per heavy atom. The van der Waals surface area contributed by atoms with Crippen LogP contribution in [0.15, 0.2) is 23.7 Å². The van der Waals surface area contributed by atoms with E-state index in [9.17, 15) is 0 Å². The van der Waals surface area contributed by atoms with Crippen molar-refractivity contribution in [2.24, 2.45) is 17.8 Å². The minimum Gasteiger partial charge on any atom is -0.417 e. The van der Waals surface area contributed by atoms with E-state index >= 15 is 0 Å². The average molecular weight is 490 g/mol. The van der Waals surface area contributed by atoms with Crippen LogP contribution >= 0.6 is 15.9 Å². The summed E-state index contributed by atoms with van der Waals surface area (Å²) in [6.07, 6.45) is 7.20. The summed E-state index contributed by atoms with van der Waals surface area (Å²) in [6, 6.07) is 1.17. The summed E-state index contributed by atoms with van der Waals surface area (Å²) in [4.78, 5) is 0. The van der Waals surface area contributed by atoms with Crippen molar-refractivity contribution in [3.8, 4) is 0 Å². The fourth-order valence-corrected chi connectivity index (χ4v) is 7.66. The second-order valence-electron chi connectivity index (χ2n) is 9.59. The Kier molecular flexibility index (Phi) is 10.6. The molecule has 4 nitrogen and oxygen atoms in total. The Morgan fingerprint density at radius 3 is 2.59 bits per heavy atom. The maximum absolute atomic E-state index is 6.60. The average Bonchev–Trinajstić information content (AvgIpc) is 2.95. The van der Waals surface area contributed by atoms with E-state index in [1.807, 2.05) is 6.08 Å². The van der Waals surface area contributed by atoms with Gasteiger partial charge in [-0.25, -0.2) is 0 Å². The van der Waals surface area contributed by atoms with Crippen LogP contribution in [0.1, 0.15) is 46.0 Å². The van der Waals surface area contributed by atoms with Crippen LogP contribution in [0.2, 0.25) is 19.1 Å². The van der Waals surface area contributed by atoms with Crippen molar-refractivity contribution in [2.75, 3.05) is 19.8 Å². The number of allylic oxidation sites excluding steroid dienone is 1. The van der Waals surface area contributed by atoms with E-state index < -0.39 is 8.32 Å². The van der Waals surface area contributed by atoms with Gasteiger partial charge < -0.3 is 18.6 Å². The number of hydrogen-bond acceptors (Lipinski definition) is 4. The summed E-state index contributed by atoms with van der Waals surface area (Å²) >= 11 is 3.42. The van der Waals surface area contributed by atoms with E-state index in [-0.39, 0.29) is 18.5 Å². The molecule has 0 spiro atoms. The van der Waals surface area contributed by atoms with Crippen LogP contribution in [0.25, 0.3) is 0 Å². The Morgan fingerprint density at radius 1 is 1.24 bits per heavy atom. The lowest BCUT2D eigenvalue weighted by Crippen LogP contribution is -2.39. The fraction of sp³-hybridized carbons (Fsp3) is 0.826. The third kappa shape index (κ3) is 8.58. The molecule has 5 atom stereocenters. The topological polar surface area (TPSA) is 36.9 Å². The van der Waals surface area contributed by atoms with E-state index in [1.54, 1.807) is 0 Å². The zero-order valence-corrected chi connectivity index (χ0v) is 21.4. The number of rotatable bonds is 12. The summed E-state index contributed by atoms with van der Waals surface area (Å²) in [5.41, 5.74) is 0. The minimum absolute atomic E-state index is 0.0913. The quantitative estimate of drug-likeness (QED) is 0.239. The standard InChI is InChI=1S/C23H41BrO4Si/c1-7-10-19-20(15-27-29(5,6)16-17(2)3)22(13-21(19)26-14-18(4)24)28-23-11-8-9-12-25-23/h7,17,19-23H,1,4,8-16H2,2-3,5-6H3/t19-,20-,21+,22-,23?/m1/s1. The molecule has 0 N–H and O–H groups in total. The maximum atomic E-state index is 6.60. The number of hydrogen-bond donors (Lipinski definition) is 0. The van der Waals surface area contributed by atoms with Crippen LogP contribution in [0.4, 0.5) is 0 Å². The predicted molar refractivity (Wildman–Crippen MR) is 126 cm³/mol. The highest BCUT2D eigenvalue weighted by Gasteiger charge is 2.45. The van der Waals surface area contributed by atoms with Gasteiger partial charge in [0.1, 0.15) is 0 Å². The molecule has 1 heterocycles. The van der Waals surface area contributed by atoms with Gasteiger partial charge in [-0.3, -0.25) is 0 Å². The van der Waals surface area contributed by atoms with Crippen molar-refractivity contribution < 1.29 is 18.6 Å². The van der Waals surface area contributed by atoms with Gasteiger partial charge in [0.25, 0.3) is 0 Å². The van der Waals surface area contributed by atoms with Crippen LogP contribution in [0.5, 0.6) is 0 Å². The Labute approximate surface area is 187 Å². The van der Waals surface area contributed by atoms with Gasteiger partial charge in [0.15, 0.2) is 14.6 Å². The van der Waals surface area contributed by atoms with Crippen LogP contribution in [0, 0.1) is 17.8 Å². The van der Waals surface area contributed by atoms with Gasteiger partial charge in [0.2, 0.25) is 0 Å². The molecule has 0 radical (unpaired) electrons. The first-order valence-corrected chi connectivity index (χ1v) is 15.1. The van der Waals surface area contributed by atoms with Crippen LogP contribution in [-0.2, 0) is 18.6 Å². The fourth-order valence-electron chi connectivity index (χ4n) is 4.80. The summed E-state index contributed by atoms with van der Waals surface area (Å²) in [5, 5.41) is 0. The van der Waals surface area contributed by atoms with Crippen molar-refractivity contribution in [1.82, 2.24) is 0 Å². The first-order valence-electron chi connectivity index (χ1n) is 11.2. The summed E-state index contributed by atoms with van der Waals surface area (Å²) < 4.78 is 26.0. The van der Waals surface area contributed by atoms with Crippen molar-refractivity contribution >= 4 is 24.2 Å². The van der Waals surface area contributed by atoms with Gasteiger partial charge in [0.05, 0.1) is 18.8 Å². The molecule has 1 saturated heterocycles. The zero-order chi connectivity index (χ0) is 21.4. The number of ether oxygens (including phenoxy) is 3. The normalized spacial score (nSPS) is 30.6. The Hall–Kier alpha value is 0.0169. The molecule has 2 rings (SSSR count). The van der Waals surface area contributed by atoms with E-state index in [0.717, 1.165) is 43.4 Å². The summed E-state index contributed by atoms with van der Waals surface area (Å²) in [6.45, 7) is 19.2. The van der Waals surface area contributed by atoms with E-state index in [0.29, 0.717) is 24.4 Å². The lowest BCUT2D eigenvalue weighted by Gasteiger charge is -2.33. The molecule has 1 aliphatic heterocycles. The molecule has 168 valence electrons. The van der Waals surface area contributed by atoms with Crippen LogP contribution in [0.3, 0.4) is 0 Å². The van der Waals surface area contributed by atoms with Crippen LogP contribution < -0.4 is 0 Å². The Balaban J connectivity index is 2.10. The highest BCUT2D eigenvalue weighted by atomic mass is 79.9. The largest absolute Gasteiger partial charge is 0.417 e. The third-order valence-electron chi connectivity index (χ3n) is 5.89. The van der Waals surface area contributed by atoms with Gasteiger partial charge in [-0.05, 0) is 56.7 Å². The molecule has 0 aromatic carbocycles. The van der Waals surface area contributed by atoms with Gasteiger partial charge in [-0.15, -0.1) is 6.58 Å². The molecule has 1 saturated carbocycles. The first-order chi connectivity index (χ1) is 13.7. The highest BCUT2D eigenvalue weighted by Crippen LogP contribution is 2.41. The lowest BCUT2D eigenvalue weighted by atomic mass is 9.91. The molecule has 2 fully saturated rings. The van der Waals surface area contributed by atoms with Gasteiger partial charge >= 0.3 is 0 Å². The Bertz CT molecular complexity index is 519. The predicted octanol–water partition coefficient (Wildman–Crippen LogP) is 6.28. The van der Waals surface area contributed by atoms with Crippen molar-refractivity contribution in [3.05, 3.63) is 23.7 Å². The highest BCUT2D eigenvalue weighted by molar-refractivity contribution is 9.11. The minimum atomic E-state index is -1.70. The molecular weight excluding hydrogens is 448 g/mol. The maximum Gasteiger partial charge on any atom is 0.186 e. The zero-order valence-electron chi connectivity index (χ0n) is 18.8. The number of halogens is 1. The van der Waals surface area contributed by atoms with E-state index in [4.69, 9.17) is 18.6 Å². The molecular formula is C23H41BrO4Si. The van der Waals surface area contributed by atoms with E-state index in [2.05, 4.69) is 56.0 Å². The molecule has 0 aromatic heterocycles. The second kappa shape index (κ2) is 12.2. The molecule has 0 bridgehead atoms. The van der Waals surface area contributed by atoms with Gasteiger partial charge in [-0.1, -0.05) is 42.4 Å². The molecule has 0 amide bonds. The first kappa shape index (κ1) is 25.3. The monoisotopic (exact) mass is 488 g/mol. The molecule has 0 aromatic rings.